The predicted octanol–water partition coefficient (Wildman–Crippen LogP) is 5.83. The van der Waals surface area contributed by atoms with Gasteiger partial charge < -0.3 is 25.4 Å². The minimum atomic E-state index is -3.94. The zero-order valence-electron chi connectivity index (χ0n) is 33.6. The van der Waals surface area contributed by atoms with E-state index in [1.807, 2.05) is 0 Å². The van der Waals surface area contributed by atoms with Crippen molar-refractivity contribution in [3.8, 4) is 11.5 Å². The number of anilines is 4. The van der Waals surface area contributed by atoms with Gasteiger partial charge in [0.2, 0.25) is 5.91 Å². The van der Waals surface area contributed by atoms with Crippen molar-refractivity contribution in [2.45, 2.75) is 78.4 Å². The molecule has 0 aromatic heterocycles. The van der Waals surface area contributed by atoms with Gasteiger partial charge in [-0.2, -0.15) is 0 Å². The van der Waals surface area contributed by atoms with Gasteiger partial charge in [0, 0.05) is 56.0 Å². The maximum atomic E-state index is 13.2. The zero-order chi connectivity index (χ0) is 42.6. The highest BCUT2D eigenvalue weighted by atomic mass is 32.2. The Morgan fingerprint density at radius 3 is 1.65 bits per heavy atom. The summed E-state index contributed by atoms with van der Waals surface area (Å²) in [7, 11) is -3.19. The van der Waals surface area contributed by atoms with Gasteiger partial charge in [-0.1, -0.05) is 37.1 Å². The fourth-order valence-electron chi connectivity index (χ4n) is 9.06. The van der Waals surface area contributed by atoms with Crippen LogP contribution in [0.15, 0.2) is 94.4 Å². The number of nitrogens with one attached hydrogen (secondary N) is 3. The van der Waals surface area contributed by atoms with E-state index in [0.29, 0.717) is 48.6 Å². The summed E-state index contributed by atoms with van der Waals surface area (Å²) < 4.78 is 67.7. The van der Waals surface area contributed by atoms with Crippen LogP contribution in [0.2, 0.25) is 0 Å². The Balaban J connectivity index is 0.000000172. The van der Waals surface area contributed by atoms with Crippen molar-refractivity contribution >= 4 is 60.3 Å². The van der Waals surface area contributed by atoms with Crippen molar-refractivity contribution in [2.75, 3.05) is 48.3 Å². The Kier molecular flexibility index (Phi) is 10.4. The Labute approximate surface area is 349 Å². The monoisotopic (exact) mass is 853 g/mol. The molecule has 2 saturated carbocycles. The van der Waals surface area contributed by atoms with Crippen molar-refractivity contribution in [2.24, 2.45) is 0 Å². The lowest BCUT2D eigenvalue weighted by Gasteiger charge is -2.38. The molecule has 0 atom stereocenters. The second-order valence-corrected chi connectivity index (χ2v) is 19.3. The van der Waals surface area contributed by atoms with E-state index < -0.39 is 30.9 Å². The highest BCUT2D eigenvalue weighted by Gasteiger charge is 2.52. The third-order valence-corrected chi connectivity index (χ3v) is 15.5. The van der Waals surface area contributed by atoms with Crippen LogP contribution in [0.4, 0.5) is 22.7 Å². The van der Waals surface area contributed by atoms with E-state index >= 15 is 0 Å². The molecule has 314 valence electrons. The molecule has 1 aliphatic heterocycles. The third kappa shape index (κ3) is 7.04. The van der Waals surface area contributed by atoms with E-state index in [4.69, 9.17) is 15.2 Å². The van der Waals surface area contributed by atoms with Crippen LogP contribution in [0.3, 0.4) is 0 Å². The van der Waals surface area contributed by atoms with Crippen molar-refractivity contribution < 1.29 is 40.7 Å². The lowest BCUT2D eigenvalue weighted by atomic mass is 9.64. The molecule has 0 unspecified atom stereocenters. The number of carbonyl (C=O) groups is 3. The highest BCUT2D eigenvalue weighted by Crippen LogP contribution is 2.54. The second-order valence-electron chi connectivity index (χ2n) is 16.0. The minimum Gasteiger partial charge on any atom is -0.495 e. The highest BCUT2D eigenvalue weighted by molar-refractivity contribution is 7.93. The number of fused-ring (bicyclic) bond motifs is 4. The molecule has 4 aromatic rings. The molecule has 5 aliphatic rings. The summed E-state index contributed by atoms with van der Waals surface area (Å²) in [6, 6.07) is 19.7. The van der Waals surface area contributed by atoms with Crippen molar-refractivity contribution in [1.82, 2.24) is 4.90 Å². The Morgan fingerprint density at radius 2 is 1.17 bits per heavy atom. The molecule has 2 fully saturated rings. The molecule has 1 heterocycles. The number of hydrogen-bond acceptors (Lipinski definition) is 11. The van der Waals surface area contributed by atoms with Gasteiger partial charge in [-0.15, -0.1) is 0 Å². The first kappa shape index (κ1) is 40.9. The standard InChI is InChI=1S/C25H27N3O5S.C19H20N2O4S/c1-28-11-8-16(14-24(28)30)26-20-13-17(12-19-18(20)15-23(29)25(19)9-5-10-25)27-34(31,32)22-7-4-3-6-21(22)33-2;1-25-16-5-2-3-6-17(16)26(23,24)21-12-9-14-13(15(20)10-12)11-18(22)19(14)7-4-8-19/h3-4,6-7,12-14,26-27H,5,8-11,15H2,1-2H3;2-3,5-6,9-10,21H,4,7-8,11,20H2,1H3. The van der Waals surface area contributed by atoms with Crippen LogP contribution in [0.5, 0.6) is 11.5 Å². The maximum Gasteiger partial charge on any atom is 0.265 e. The molecule has 0 bridgehead atoms. The topological polar surface area (TPSA) is 203 Å². The van der Waals surface area contributed by atoms with Crippen LogP contribution >= 0.6 is 0 Å². The Bertz CT molecular complexity index is 2710. The summed E-state index contributed by atoms with van der Waals surface area (Å²) >= 11 is 0. The number of hydrogen-bond donors (Lipinski definition) is 4. The number of nitrogens with two attached hydrogens (primary N) is 1. The average Bonchev–Trinajstić information content (AvgIpc) is 3.67. The number of nitrogens with zero attached hydrogens (tertiary/aromatic N) is 1. The Morgan fingerprint density at radius 1 is 0.683 bits per heavy atom. The van der Waals surface area contributed by atoms with Crippen LogP contribution < -0.4 is 30.0 Å². The van der Waals surface area contributed by atoms with Crippen molar-refractivity contribution in [3.63, 3.8) is 0 Å². The van der Waals surface area contributed by atoms with Gasteiger partial charge in [-0.25, -0.2) is 16.8 Å². The number of likely N-dealkylation sites (N-methyl/N-ethyl adjacent to an activating group) is 1. The number of nitrogen functional groups attached to an aromatic ring is 1. The van der Waals surface area contributed by atoms with Gasteiger partial charge in [0.1, 0.15) is 32.9 Å². The summed E-state index contributed by atoms with van der Waals surface area (Å²) in [5.41, 5.74) is 11.2. The number of para-hydroxylation sites is 2. The summed E-state index contributed by atoms with van der Waals surface area (Å²) in [4.78, 5) is 39.4. The molecule has 0 saturated heterocycles. The number of ketones is 2. The molecule has 1 amide bonds. The SMILES string of the molecule is COc1ccccc1S(=O)(=O)Nc1cc(N)c2c(c1)C1(CCC1)C(=O)C2.COc1ccccc1S(=O)(=O)Nc1cc(NC2=CC(=O)N(C)CC2)c2c(c1)C1(CCC1)C(=O)C2. The van der Waals surface area contributed by atoms with Gasteiger partial charge >= 0.3 is 0 Å². The predicted molar refractivity (Wildman–Crippen MR) is 227 cm³/mol. The van der Waals surface area contributed by atoms with Crippen LogP contribution in [-0.4, -0.2) is 67.0 Å². The van der Waals surface area contributed by atoms with Crippen molar-refractivity contribution in [3.05, 3.63) is 107 Å². The number of Topliss-reactive ketones (excluding diaryl/α,β-unsaturated/α-hetero) is 2. The van der Waals surface area contributed by atoms with E-state index in [-0.39, 0.29) is 38.8 Å². The molecule has 60 heavy (non-hydrogen) atoms. The summed E-state index contributed by atoms with van der Waals surface area (Å²) in [5.74, 6) is 0.782. The summed E-state index contributed by atoms with van der Waals surface area (Å²) in [5, 5.41) is 3.33. The molecule has 5 N–H and O–H groups in total. The minimum absolute atomic E-state index is 0.0329. The fraction of sp³-hybridized carbons (Fsp3) is 0.341. The lowest BCUT2D eigenvalue weighted by Crippen LogP contribution is -2.39. The molecule has 9 rings (SSSR count). The summed E-state index contributed by atoms with van der Waals surface area (Å²) in [6.07, 6.45) is 7.96. The first-order valence-corrected chi connectivity index (χ1v) is 22.8. The largest absolute Gasteiger partial charge is 0.495 e. The number of sulfonamides is 2. The number of carbonyl (C=O) groups excluding carboxylic acids is 3. The molecule has 0 radical (unpaired) electrons. The van der Waals surface area contributed by atoms with Crippen LogP contribution in [0.25, 0.3) is 0 Å². The number of rotatable bonds is 10. The van der Waals surface area contributed by atoms with E-state index in [9.17, 15) is 31.2 Å². The third-order valence-electron chi connectivity index (χ3n) is 12.6. The zero-order valence-corrected chi connectivity index (χ0v) is 35.2. The van der Waals surface area contributed by atoms with Crippen molar-refractivity contribution in [1.29, 1.82) is 0 Å². The first-order chi connectivity index (χ1) is 28.6. The van der Waals surface area contributed by atoms with Gasteiger partial charge in [0.25, 0.3) is 20.0 Å². The van der Waals surface area contributed by atoms with Gasteiger partial charge in [0.15, 0.2) is 0 Å². The van der Waals surface area contributed by atoms with Crippen LogP contribution in [-0.2, 0) is 58.1 Å². The molecular formula is C44H47N5O9S2. The number of ether oxygens (including phenoxy) is 2. The first-order valence-electron chi connectivity index (χ1n) is 19.8. The molecule has 4 aromatic carbocycles. The van der Waals surface area contributed by atoms with Gasteiger partial charge in [0.05, 0.1) is 36.4 Å². The molecule has 2 spiro atoms. The summed E-state index contributed by atoms with van der Waals surface area (Å²) in [6.45, 7) is 0.586. The molecular weight excluding hydrogens is 807 g/mol. The Hall–Kier alpha value is -5.87. The normalized spacial score (nSPS) is 18.4. The average molecular weight is 854 g/mol. The van der Waals surface area contributed by atoms with Crippen LogP contribution in [0.1, 0.15) is 67.2 Å². The van der Waals surface area contributed by atoms with Gasteiger partial charge in [-0.05, 0) is 96.5 Å². The van der Waals surface area contributed by atoms with E-state index in [0.717, 1.165) is 66.5 Å². The number of amides is 1. The molecule has 16 heteroatoms. The number of benzene rings is 4. The second kappa shape index (κ2) is 15.3. The van der Waals surface area contributed by atoms with E-state index in [1.165, 1.54) is 26.4 Å². The smallest absolute Gasteiger partial charge is 0.265 e. The van der Waals surface area contributed by atoms with E-state index in [1.54, 1.807) is 78.7 Å². The van der Waals surface area contributed by atoms with Crippen LogP contribution in [0, 0.1) is 0 Å². The fourth-order valence-corrected chi connectivity index (χ4v) is 11.5. The van der Waals surface area contributed by atoms with E-state index in [2.05, 4.69) is 14.8 Å². The quantitative estimate of drug-likeness (QED) is 0.140. The molecule has 4 aliphatic carbocycles. The lowest BCUT2D eigenvalue weighted by molar-refractivity contribution is -0.126. The maximum absolute atomic E-state index is 13.2. The van der Waals surface area contributed by atoms with Gasteiger partial charge in [-0.3, -0.25) is 23.8 Å². The molecule has 14 nitrogen and oxygen atoms in total. The number of methoxy groups -OCH3 is 2.